The van der Waals surface area contributed by atoms with E-state index in [-0.39, 0.29) is 17.9 Å². The van der Waals surface area contributed by atoms with Crippen LogP contribution in [0.2, 0.25) is 0 Å². The van der Waals surface area contributed by atoms with E-state index in [9.17, 15) is 14.4 Å². The van der Waals surface area contributed by atoms with Gasteiger partial charge in [-0.3, -0.25) is 25.2 Å². The maximum absolute atomic E-state index is 11.7. The van der Waals surface area contributed by atoms with E-state index in [0.717, 1.165) is 3.79 Å². The van der Waals surface area contributed by atoms with Gasteiger partial charge < -0.3 is 10.5 Å². The van der Waals surface area contributed by atoms with Crippen LogP contribution in [0.1, 0.15) is 20.0 Å². The summed E-state index contributed by atoms with van der Waals surface area (Å²) >= 11 is 4.48. The minimum absolute atomic E-state index is 0.174. The lowest BCUT2D eigenvalue weighted by Gasteiger charge is -2.10. The van der Waals surface area contributed by atoms with Gasteiger partial charge in [0, 0.05) is 0 Å². The van der Waals surface area contributed by atoms with Crippen LogP contribution in [0.4, 0.5) is 0 Å². The second-order valence-electron chi connectivity index (χ2n) is 4.26. The van der Waals surface area contributed by atoms with Crippen molar-refractivity contribution in [2.75, 3.05) is 6.61 Å². The molecule has 0 aliphatic carbocycles. The van der Waals surface area contributed by atoms with Crippen LogP contribution in [-0.2, 0) is 4.79 Å². The van der Waals surface area contributed by atoms with Crippen molar-refractivity contribution in [3.8, 4) is 5.75 Å². The molecule has 0 spiro atoms. The van der Waals surface area contributed by atoms with Crippen molar-refractivity contribution in [1.29, 1.82) is 0 Å². The summed E-state index contributed by atoms with van der Waals surface area (Å²) in [7, 11) is 0. The van der Waals surface area contributed by atoms with Crippen LogP contribution in [0, 0.1) is 0 Å². The third-order valence-electron chi connectivity index (χ3n) is 2.62. The number of carbonyl (C=O) groups excluding carboxylic acids is 3. The molecule has 1 heterocycles. The third kappa shape index (κ3) is 4.80. The molecule has 7 nitrogen and oxygen atoms in total. The molecule has 0 saturated heterocycles. The molecule has 0 radical (unpaired) electrons. The Hall–Kier alpha value is -2.39. The van der Waals surface area contributed by atoms with Gasteiger partial charge in [-0.1, -0.05) is 12.1 Å². The molecule has 23 heavy (non-hydrogen) atoms. The summed E-state index contributed by atoms with van der Waals surface area (Å²) in [4.78, 5) is 35.1. The highest BCUT2D eigenvalue weighted by atomic mass is 79.9. The smallest absolute Gasteiger partial charge is 0.279 e. The number of rotatable bonds is 5. The van der Waals surface area contributed by atoms with E-state index in [2.05, 4.69) is 26.8 Å². The lowest BCUT2D eigenvalue weighted by molar-refractivity contribution is -0.123. The Morgan fingerprint density at radius 3 is 2.52 bits per heavy atom. The summed E-state index contributed by atoms with van der Waals surface area (Å²) < 4.78 is 6.04. The summed E-state index contributed by atoms with van der Waals surface area (Å²) in [5.74, 6) is -1.47. The molecule has 4 N–H and O–H groups in total. The number of hydrazine groups is 1. The zero-order valence-corrected chi connectivity index (χ0v) is 14.1. The van der Waals surface area contributed by atoms with Crippen LogP contribution < -0.4 is 21.3 Å². The van der Waals surface area contributed by atoms with Crippen molar-refractivity contribution in [3.63, 3.8) is 0 Å². The monoisotopic (exact) mass is 397 g/mol. The van der Waals surface area contributed by atoms with Crippen molar-refractivity contribution in [2.45, 2.75) is 0 Å². The predicted octanol–water partition coefficient (Wildman–Crippen LogP) is 1.45. The fourth-order valence-corrected chi connectivity index (χ4v) is 2.88. The molecule has 0 fully saturated rings. The lowest BCUT2D eigenvalue weighted by Crippen LogP contribution is -2.43. The largest absolute Gasteiger partial charge is 0.483 e. The highest BCUT2D eigenvalue weighted by molar-refractivity contribution is 9.11. The fourth-order valence-electron chi connectivity index (χ4n) is 1.60. The Morgan fingerprint density at radius 1 is 1.13 bits per heavy atom. The highest BCUT2D eigenvalue weighted by Gasteiger charge is 2.12. The molecule has 0 bridgehead atoms. The first-order chi connectivity index (χ1) is 11.0. The number of primary amides is 1. The average Bonchev–Trinajstić information content (AvgIpc) is 2.97. The Kier molecular flexibility index (Phi) is 5.72. The first kappa shape index (κ1) is 17.0. The third-order valence-corrected chi connectivity index (χ3v) is 4.25. The number of nitrogens with one attached hydrogen (secondary N) is 2. The second-order valence-corrected chi connectivity index (χ2v) is 6.72. The van der Waals surface area contributed by atoms with Gasteiger partial charge >= 0.3 is 0 Å². The number of nitrogens with two attached hydrogens (primary N) is 1. The number of hydrogen-bond acceptors (Lipinski definition) is 5. The number of thiophene rings is 1. The van der Waals surface area contributed by atoms with E-state index in [0.29, 0.717) is 4.88 Å². The second kappa shape index (κ2) is 7.75. The molecular weight excluding hydrogens is 386 g/mol. The standard InChI is InChI=1S/C14H12BrN3O4S/c15-11-6-5-10(23-11)14(21)18-17-12(19)7-22-9-4-2-1-3-8(9)13(16)20/h1-6H,7H2,(H2,16,20)(H,17,19)(H,18,21). The van der Waals surface area contributed by atoms with Gasteiger partial charge in [0.05, 0.1) is 14.2 Å². The number of halogens is 1. The van der Waals surface area contributed by atoms with Gasteiger partial charge in [-0.25, -0.2) is 0 Å². The quantitative estimate of drug-likeness (QED) is 0.662. The van der Waals surface area contributed by atoms with E-state index < -0.39 is 17.7 Å². The zero-order chi connectivity index (χ0) is 16.8. The summed E-state index contributed by atoms with van der Waals surface area (Å²) in [5.41, 5.74) is 9.87. The minimum atomic E-state index is -0.655. The number of ether oxygens (including phenoxy) is 1. The van der Waals surface area contributed by atoms with Crippen LogP contribution >= 0.6 is 27.3 Å². The number of carbonyl (C=O) groups is 3. The molecule has 1 aromatic heterocycles. The molecule has 0 aliphatic rings. The number of para-hydroxylation sites is 1. The molecule has 1 aromatic carbocycles. The van der Waals surface area contributed by atoms with Crippen LogP contribution in [0.25, 0.3) is 0 Å². The van der Waals surface area contributed by atoms with Crippen LogP contribution in [0.3, 0.4) is 0 Å². The minimum Gasteiger partial charge on any atom is -0.483 e. The van der Waals surface area contributed by atoms with Crippen LogP contribution in [0.5, 0.6) is 5.75 Å². The number of amides is 3. The molecule has 2 aromatic rings. The fraction of sp³-hybridized carbons (Fsp3) is 0.0714. The van der Waals surface area contributed by atoms with Gasteiger partial charge in [0.25, 0.3) is 17.7 Å². The SMILES string of the molecule is NC(=O)c1ccccc1OCC(=O)NNC(=O)c1ccc(Br)s1. The maximum atomic E-state index is 11.7. The van der Waals surface area contributed by atoms with Gasteiger partial charge in [-0.05, 0) is 40.2 Å². The van der Waals surface area contributed by atoms with Gasteiger partial charge in [0.1, 0.15) is 5.75 Å². The predicted molar refractivity (Wildman–Crippen MR) is 88.1 cm³/mol. The Labute approximate surface area is 143 Å². The van der Waals surface area contributed by atoms with Crippen molar-refractivity contribution < 1.29 is 19.1 Å². The first-order valence-electron chi connectivity index (χ1n) is 6.33. The Balaban J connectivity index is 1.84. The Morgan fingerprint density at radius 2 is 1.87 bits per heavy atom. The molecule has 0 unspecified atom stereocenters. The van der Waals surface area contributed by atoms with Crippen molar-refractivity contribution in [2.24, 2.45) is 5.73 Å². The first-order valence-corrected chi connectivity index (χ1v) is 7.94. The molecule has 3 amide bonds. The van der Waals surface area contributed by atoms with E-state index in [1.807, 2.05) is 0 Å². The van der Waals surface area contributed by atoms with Gasteiger partial charge in [0.15, 0.2) is 6.61 Å². The summed E-state index contributed by atoms with van der Waals surface area (Å²) in [6.45, 7) is -0.376. The molecule has 9 heteroatoms. The van der Waals surface area contributed by atoms with Crippen LogP contribution in [0.15, 0.2) is 40.2 Å². The molecule has 0 atom stereocenters. The van der Waals surface area contributed by atoms with E-state index in [1.54, 1.807) is 24.3 Å². The Bertz CT molecular complexity index is 747. The molecule has 0 aliphatic heterocycles. The molecule has 0 saturated carbocycles. The number of benzene rings is 1. The molecular formula is C14H12BrN3O4S. The van der Waals surface area contributed by atoms with Gasteiger partial charge in [0.2, 0.25) is 0 Å². The topological polar surface area (TPSA) is 111 Å². The van der Waals surface area contributed by atoms with E-state index in [1.165, 1.54) is 23.5 Å². The van der Waals surface area contributed by atoms with Crippen molar-refractivity contribution >= 4 is 45.0 Å². The lowest BCUT2D eigenvalue weighted by atomic mass is 10.2. The maximum Gasteiger partial charge on any atom is 0.279 e. The number of hydrogen-bond donors (Lipinski definition) is 3. The average molecular weight is 398 g/mol. The van der Waals surface area contributed by atoms with Crippen molar-refractivity contribution in [1.82, 2.24) is 10.9 Å². The molecule has 120 valence electrons. The normalized spacial score (nSPS) is 9.96. The zero-order valence-electron chi connectivity index (χ0n) is 11.7. The van der Waals surface area contributed by atoms with Gasteiger partial charge in [-0.2, -0.15) is 0 Å². The summed E-state index contributed by atoms with van der Waals surface area (Å²) in [5, 5.41) is 0. The van der Waals surface area contributed by atoms with E-state index in [4.69, 9.17) is 10.5 Å². The van der Waals surface area contributed by atoms with Gasteiger partial charge in [-0.15, -0.1) is 11.3 Å². The summed E-state index contributed by atoms with van der Waals surface area (Å²) in [6, 6.07) is 9.64. The van der Waals surface area contributed by atoms with Crippen molar-refractivity contribution in [3.05, 3.63) is 50.6 Å². The van der Waals surface area contributed by atoms with E-state index >= 15 is 0 Å². The highest BCUT2D eigenvalue weighted by Crippen LogP contribution is 2.21. The molecule has 2 rings (SSSR count). The summed E-state index contributed by atoms with van der Waals surface area (Å²) in [6.07, 6.45) is 0. The van der Waals surface area contributed by atoms with Crippen LogP contribution in [-0.4, -0.2) is 24.3 Å².